The molecule has 4 rings (SSSR count). The number of hydrogen-bond acceptors (Lipinski definition) is 5. The van der Waals surface area contributed by atoms with Crippen molar-refractivity contribution in [2.45, 2.75) is 31.6 Å². The lowest BCUT2D eigenvalue weighted by Gasteiger charge is -2.26. The van der Waals surface area contributed by atoms with Crippen molar-refractivity contribution >= 4 is 32.7 Å². The summed E-state index contributed by atoms with van der Waals surface area (Å²) in [6, 6.07) is 10.9. The van der Waals surface area contributed by atoms with Crippen LogP contribution in [0.4, 0.5) is 5.69 Å². The summed E-state index contributed by atoms with van der Waals surface area (Å²) in [4.78, 5) is 17.3. The molecule has 8 nitrogen and oxygen atoms in total. The van der Waals surface area contributed by atoms with Crippen LogP contribution in [0.2, 0.25) is 0 Å². The van der Waals surface area contributed by atoms with Crippen LogP contribution in [0.15, 0.2) is 41.3 Å². The molecule has 0 saturated carbocycles. The maximum atomic E-state index is 12.9. The van der Waals surface area contributed by atoms with Crippen LogP contribution in [0.25, 0.3) is 11.0 Å². The van der Waals surface area contributed by atoms with E-state index in [-0.39, 0.29) is 17.2 Å². The number of carbonyl (C=O) groups is 1. The van der Waals surface area contributed by atoms with Gasteiger partial charge in [-0.15, -0.1) is 0 Å². The van der Waals surface area contributed by atoms with E-state index in [1.807, 2.05) is 43.7 Å². The molecule has 9 heteroatoms. The molecule has 0 unspecified atom stereocenters. The number of imidazole rings is 1. The van der Waals surface area contributed by atoms with Crippen LogP contribution in [0.3, 0.4) is 0 Å². The molecule has 1 aromatic heterocycles. The van der Waals surface area contributed by atoms with Gasteiger partial charge >= 0.3 is 0 Å². The summed E-state index contributed by atoms with van der Waals surface area (Å²) in [6.45, 7) is 5.49. The van der Waals surface area contributed by atoms with E-state index in [1.165, 1.54) is 4.31 Å². The van der Waals surface area contributed by atoms with Crippen LogP contribution >= 0.6 is 0 Å². The maximum Gasteiger partial charge on any atom is 0.243 e. The molecule has 0 radical (unpaired) electrons. The molecule has 2 aromatic carbocycles. The Kier molecular flexibility index (Phi) is 6.32. The fourth-order valence-electron chi connectivity index (χ4n) is 3.94. The van der Waals surface area contributed by atoms with E-state index in [9.17, 15) is 13.2 Å². The lowest BCUT2D eigenvalue weighted by molar-refractivity contribution is -0.116. The molecule has 1 saturated heterocycles. The number of amides is 1. The Balaban J connectivity index is 1.49. The average molecular weight is 457 g/mol. The second-order valence-corrected chi connectivity index (χ2v) is 10.1. The van der Waals surface area contributed by atoms with Gasteiger partial charge in [-0.25, -0.2) is 13.4 Å². The lowest BCUT2D eigenvalue weighted by atomic mass is 10.1. The molecule has 1 N–H and O–H groups in total. The molecule has 0 aliphatic carbocycles. The van der Waals surface area contributed by atoms with E-state index in [0.29, 0.717) is 38.2 Å². The molecule has 0 spiro atoms. The third-order valence-electron chi connectivity index (χ3n) is 5.78. The van der Waals surface area contributed by atoms with E-state index in [1.54, 1.807) is 18.2 Å². The lowest BCUT2D eigenvalue weighted by Crippen LogP contribution is -2.40. The summed E-state index contributed by atoms with van der Waals surface area (Å²) < 4.78 is 34.5. The molecular weight excluding hydrogens is 428 g/mol. The predicted molar refractivity (Wildman–Crippen MR) is 123 cm³/mol. The zero-order chi connectivity index (χ0) is 22.9. The quantitative estimate of drug-likeness (QED) is 0.616. The highest BCUT2D eigenvalue weighted by molar-refractivity contribution is 7.89. The van der Waals surface area contributed by atoms with Gasteiger partial charge in [-0.2, -0.15) is 4.31 Å². The van der Waals surface area contributed by atoms with Crippen molar-refractivity contribution in [1.82, 2.24) is 13.9 Å². The Morgan fingerprint density at radius 1 is 1.12 bits per heavy atom. The summed E-state index contributed by atoms with van der Waals surface area (Å²) in [7, 11) is -1.71. The van der Waals surface area contributed by atoms with Gasteiger partial charge in [-0.1, -0.05) is 17.7 Å². The summed E-state index contributed by atoms with van der Waals surface area (Å²) >= 11 is 0. The smallest absolute Gasteiger partial charge is 0.243 e. The van der Waals surface area contributed by atoms with Crippen LogP contribution in [0.1, 0.15) is 23.4 Å². The Labute approximate surface area is 188 Å². The first-order valence-electron chi connectivity index (χ1n) is 10.7. The molecule has 170 valence electrons. The number of fused-ring (bicyclic) bond motifs is 1. The van der Waals surface area contributed by atoms with Gasteiger partial charge < -0.3 is 14.6 Å². The minimum Gasteiger partial charge on any atom is -0.379 e. The Hall–Kier alpha value is -2.75. The highest BCUT2D eigenvalue weighted by atomic mass is 32.2. The molecule has 1 fully saturated rings. The fourth-order valence-corrected chi connectivity index (χ4v) is 5.37. The van der Waals surface area contributed by atoms with Crippen molar-refractivity contribution in [2.24, 2.45) is 7.05 Å². The predicted octanol–water partition coefficient (Wildman–Crippen LogP) is 2.78. The fraction of sp³-hybridized carbons (Fsp3) is 0.391. The zero-order valence-corrected chi connectivity index (χ0v) is 19.4. The normalized spacial score (nSPS) is 15.2. The van der Waals surface area contributed by atoms with E-state index in [2.05, 4.69) is 10.3 Å². The molecule has 0 bridgehead atoms. The number of hydrogen-bond donors (Lipinski definition) is 1. The van der Waals surface area contributed by atoms with E-state index >= 15 is 0 Å². The first kappa shape index (κ1) is 22.4. The van der Waals surface area contributed by atoms with Crippen LogP contribution in [-0.2, 0) is 33.0 Å². The number of rotatable bonds is 6. The Morgan fingerprint density at radius 2 is 1.88 bits per heavy atom. The zero-order valence-electron chi connectivity index (χ0n) is 18.6. The first-order chi connectivity index (χ1) is 15.3. The van der Waals surface area contributed by atoms with Crippen LogP contribution in [0.5, 0.6) is 0 Å². The summed E-state index contributed by atoms with van der Waals surface area (Å²) in [5.41, 5.74) is 4.41. The average Bonchev–Trinajstić information content (AvgIpc) is 3.10. The van der Waals surface area contributed by atoms with Gasteiger partial charge in [0, 0.05) is 38.7 Å². The van der Waals surface area contributed by atoms with Gasteiger partial charge in [0.2, 0.25) is 15.9 Å². The highest BCUT2D eigenvalue weighted by Gasteiger charge is 2.27. The third kappa shape index (κ3) is 4.55. The monoisotopic (exact) mass is 456 g/mol. The number of nitrogens with zero attached hydrogens (tertiary/aromatic N) is 3. The van der Waals surface area contributed by atoms with Gasteiger partial charge in [0.1, 0.15) is 5.82 Å². The van der Waals surface area contributed by atoms with Crippen molar-refractivity contribution in [3.8, 4) is 0 Å². The number of sulfonamides is 1. The molecule has 1 aliphatic heterocycles. The molecule has 0 atom stereocenters. The Morgan fingerprint density at radius 3 is 2.59 bits per heavy atom. The van der Waals surface area contributed by atoms with Crippen LogP contribution < -0.4 is 5.32 Å². The van der Waals surface area contributed by atoms with E-state index in [0.717, 1.165) is 28.2 Å². The van der Waals surface area contributed by atoms with Gasteiger partial charge in [0.15, 0.2) is 0 Å². The molecular formula is C23H28N4O4S. The molecule has 1 aliphatic rings. The van der Waals surface area contributed by atoms with Gasteiger partial charge in [0.05, 0.1) is 29.1 Å². The molecule has 2 heterocycles. The second kappa shape index (κ2) is 9.01. The first-order valence-corrected chi connectivity index (χ1v) is 12.1. The number of morpholine rings is 1. The molecule has 3 aromatic rings. The van der Waals surface area contributed by atoms with Crippen molar-refractivity contribution in [3.63, 3.8) is 0 Å². The van der Waals surface area contributed by atoms with Crippen molar-refractivity contribution < 1.29 is 17.9 Å². The van der Waals surface area contributed by atoms with Gasteiger partial charge in [-0.3, -0.25) is 4.79 Å². The number of ether oxygens (including phenoxy) is 1. The van der Waals surface area contributed by atoms with E-state index in [4.69, 9.17) is 4.74 Å². The second-order valence-electron chi connectivity index (χ2n) is 8.12. The molecule has 32 heavy (non-hydrogen) atoms. The Bertz CT molecular complexity index is 1260. The van der Waals surface area contributed by atoms with Crippen molar-refractivity contribution in [2.75, 3.05) is 31.6 Å². The number of nitrogens with one attached hydrogen (secondary N) is 1. The minimum atomic E-state index is -3.58. The number of benzene rings is 2. The number of aromatic nitrogens is 2. The van der Waals surface area contributed by atoms with E-state index < -0.39 is 10.0 Å². The highest BCUT2D eigenvalue weighted by Crippen LogP contribution is 2.23. The number of aryl methyl sites for hydroxylation is 4. The van der Waals surface area contributed by atoms with Crippen LogP contribution in [0, 0.1) is 13.8 Å². The third-order valence-corrected chi connectivity index (χ3v) is 7.68. The summed E-state index contributed by atoms with van der Waals surface area (Å²) in [5.74, 6) is 0.649. The summed E-state index contributed by atoms with van der Waals surface area (Å²) in [6.07, 6.45) is 0.733. The standard InChI is InChI=1S/C23H28N4O4S/c1-16-4-6-19(17(2)14-16)25-23(28)9-8-22-24-20-15-18(5-7-21(20)26(22)3)32(29,30)27-10-12-31-13-11-27/h4-7,14-15H,8-13H2,1-3H3,(H,25,28). The topological polar surface area (TPSA) is 93.5 Å². The number of carbonyl (C=O) groups excluding carboxylic acids is 1. The maximum absolute atomic E-state index is 12.9. The number of anilines is 1. The summed E-state index contributed by atoms with van der Waals surface area (Å²) in [5, 5.41) is 2.96. The van der Waals surface area contributed by atoms with Crippen molar-refractivity contribution in [3.05, 3.63) is 53.3 Å². The van der Waals surface area contributed by atoms with Gasteiger partial charge in [0.25, 0.3) is 0 Å². The van der Waals surface area contributed by atoms with Crippen molar-refractivity contribution in [1.29, 1.82) is 0 Å². The molecule has 1 amide bonds. The minimum absolute atomic E-state index is 0.0837. The van der Waals surface area contributed by atoms with Crippen LogP contribution in [-0.4, -0.2) is 54.5 Å². The SMILES string of the molecule is Cc1ccc(NC(=O)CCc2nc3cc(S(=O)(=O)N4CCOCC4)ccc3n2C)c(C)c1. The van der Waals surface area contributed by atoms with Gasteiger partial charge in [-0.05, 0) is 43.7 Å². The largest absolute Gasteiger partial charge is 0.379 e.